The summed E-state index contributed by atoms with van der Waals surface area (Å²) in [5.41, 5.74) is 0. The molecule has 0 atom stereocenters. The van der Waals surface area contributed by atoms with Gasteiger partial charge in [-0.3, -0.25) is 0 Å². The molecule has 0 N–H and O–H groups in total. The zero-order valence-electron chi connectivity index (χ0n) is 2.04. The van der Waals surface area contributed by atoms with Crippen molar-refractivity contribution in [3.8, 4) is 0 Å². The van der Waals surface area contributed by atoms with Crippen molar-refractivity contribution in [1.82, 2.24) is 0 Å². The van der Waals surface area contributed by atoms with Crippen molar-refractivity contribution in [2.24, 2.45) is 0 Å². The quantitative estimate of drug-likeness (QED) is 0.594. The normalized spacial score (nSPS) is 11.8. The number of halogens is 3. The summed E-state index contributed by atoms with van der Waals surface area (Å²) >= 11 is -7.03. The van der Waals surface area contributed by atoms with Gasteiger partial charge >= 0.3 is 39.2 Å². The van der Waals surface area contributed by atoms with E-state index >= 15 is 0 Å². The predicted octanol–water partition coefficient (Wildman–Crippen LogP) is 1.14. The molecule has 0 saturated heterocycles. The SMILES string of the molecule is [O]=[Nd]([F])([F])[F]. The molecule has 0 bridgehead atoms. The Hall–Kier alpha value is 0.941. The van der Waals surface area contributed by atoms with E-state index in [2.05, 4.69) is 0 Å². The third-order valence-corrected chi connectivity index (χ3v) is 0. The fourth-order valence-corrected chi connectivity index (χ4v) is 0. The third-order valence-electron chi connectivity index (χ3n) is 0. The summed E-state index contributed by atoms with van der Waals surface area (Å²) in [7, 11) is 0. The Kier molecular flexibility index (Phi) is 1.89. The number of hydrogen-bond acceptors (Lipinski definition) is 1. The van der Waals surface area contributed by atoms with Crippen LogP contribution in [0.15, 0.2) is 0 Å². The molecule has 0 fully saturated rings. The average molecular weight is 217 g/mol. The van der Waals surface area contributed by atoms with Gasteiger partial charge in [-0.25, -0.2) is 0 Å². The molecule has 0 aromatic carbocycles. The Bertz CT molecular complexity index is 53.0. The fraction of sp³-hybridized carbons (Fsp3) is 0. The second-order valence-corrected chi connectivity index (χ2v) is 3.31. The van der Waals surface area contributed by atoms with Crippen LogP contribution in [0, 0.1) is 35.2 Å². The summed E-state index contributed by atoms with van der Waals surface area (Å²) in [6, 6.07) is 0. The van der Waals surface area contributed by atoms with Gasteiger partial charge in [0, 0.05) is 0 Å². The molecule has 5 heavy (non-hydrogen) atoms. The minimum absolute atomic E-state index is 7.03. The van der Waals surface area contributed by atoms with Gasteiger partial charge in [-0.15, -0.1) is 0 Å². The van der Waals surface area contributed by atoms with E-state index in [4.69, 9.17) is 1.05 Å². The Labute approximate surface area is 38.9 Å². The van der Waals surface area contributed by atoms with Crippen LogP contribution in [-0.2, 0) is 1.05 Å². The molecule has 0 aliphatic heterocycles. The first-order valence-electron chi connectivity index (χ1n) is 0.771. The molecule has 0 aliphatic rings. The maximum absolute atomic E-state index is 10.0. The Morgan fingerprint density at radius 3 is 1.20 bits per heavy atom. The molecule has 31 valence electrons. The molecular formula is F3NdO. The molecule has 0 unspecified atom stereocenters. The van der Waals surface area contributed by atoms with Crippen molar-refractivity contribution < 1.29 is 39.2 Å². The van der Waals surface area contributed by atoms with Gasteiger partial charge in [-0.05, 0) is 0 Å². The van der Waals surface area contributed by atoms with Crippen LogP contribution in [0.5, 0.6) is 0 Å². The predicted molar refractivity (Wildman–Crippen MR) is 4.01 cm³/mol. The molecule has 0 rings (SSSR count). The fourth-order valence-electron chi connectivity index (χ4n) is 0. The van der Waals surface area contributed by atoms with Crippen molar-refractivity contribution in [2.75, 3.05) is 0 Å². The second kappa shape index (κ2) is 1.59. The summed E-state index contributed by atoms with van der Waals surface area (Å²) in [4.78, 5) is 0. The molecule has 0 amide bonds. The van der Waals surface area contributed by atoms with Gasteiger partial charge in [0.25, 0.3) is 0 Å². The van der Waals surface area contributed by atoms with Crippen LogP contribution in [0.1, 0.15) is 0 Å². The first kappa shape index (κ1) is 5.94. The third kappa shape index (κ3) is 48.3. The molecule has 0 spiro atoms. The summed E-state index contributed by atoms with van der Waals surface area (Å²) in [6.07, 6.45) is 0. The zero-order valence-corrected chi connectivity index (χ0v) is 5.25. The van der Waals surface area contributed by atoms with Gasteiger partial charge < -0.3 is 0 Å². The first-order valence-corrected chi connectivity index (χ1v) is 5.72. The van der Waals surface area contributed by atoms with Gasteiger partial charge in [0.15, 0.2) is 0 Å². The van der Waals surface area contributed by atoms with Crippen LogP contribution < -0.4 is 0 Å². The zero-order chi connectivity index (χ0) is 4.50. The van der Waals surface area contributed by atoms with Gasteiger partial charge in [0.1, 0.15) is 0 Å². The van der Waals surface area contributed by atoms with Crippen LogP contribution in [0.3, 0.4) is 0 Å². The Morgan fingerprint density at radius 2 is 1.20 bits per heavy atom. The summed E-state index contributed by atoms with van der Waals surface area (Å²) < 4.78 is 38.4. The monoisotopic (exact) mass is 215 g/mol. The van der Waals surface area contributed by atoms with Crippen LogP contribution in [0.4, 0.5) is 3.04 Å². The van der Waals surface area contributed by atoms with E-state index in [-0.39, 0.29) is 0 Å². The summed E-state index contributed by atoms with van der Waals surface area (Å²) in [6.45, 7) is 0. The number of hydrogen-bond donors (Lipinski definition) is 0. The van der Waals surface area contributed by atoms with Gasteiger partial charge in [-0.2, -0.15) is 0 Å². The van der Waals surface area contributed by atoms with E-state index in [0.29, 0.717) is 0 Å². The Morgan fingerprint density at radius 1 is 1.20 bits per heavy atom. The summed E-state index contributed by atoms with van der Waals surface area (Å²) in [5, 5.41) is 0. The molecule has 0 saturated carbocycles. The molecular weight excluding hydrogens is 217 g/mol. The molecule has 0 aliphatic carbocycles. The van der Waals surface area contributed by atoms with Crippen LogP contribution >= 0.6 is 0 Å². The topological polar surface area (TPSA) is 17.1 Å². The second-order valence-electron chi connectivity index (χ2n) is 0.446. The van der Waals surface area contributed by atoms with Crippen molar-refractivity contribution in [1.29, 1.82) is 0 Å². The molecule has 0 heterocycles. The Balaban J connectivity index is 3.47. The van der Waals surface area contributed by atoms with E-state index < -0.39 is 35.2 Å². The molecule has 0 radical (unpaired) electrons. The van der Waals surface area contributed by atoms with Crippen LogP contribution in [0.25, 0.3) is 0 Å². The van der Waals surface area contributed by atoms with Gasteiger partial charge in [-0.1, -0.05) is 0 Å². The molecule has 5 heteroatoms. The van der Waals surface area contributed by atoms with Crippen molar-refractivity contribution >= 4 is 0 Å². The maximum atomic E-state index is 10.0. The van der Waals surface area contributed by atoms with Gasteiger partial charge in [0.05, 0.1) is 0 Å². The molecule has 0 aromatic heterocycles. The number of rotatable bonds is 0. The van der Waals surface area contributed by atoms with E-state index in [1.54, 1.807) is 0 Å². The summed E-state index contributed by atoms with van der Waals surface area (Å²) in [5.74, 6) is 0. The standard InChI is InChI=1S/3FH.Nd.O/h3*1H;;/q;;;+3;/p-3. The average Bonchev–Trinajstić information content (AvgIpc) is 0.722. The van der Waals surface area contributed by atoms with Crippen molar-refractivity contribution in [2.45, 2.75) is 0 Å². The van der Waals surface area contributed by atoms with E-state index in [9.17, 15) is 3.04 Å². The van der Waals surface area contributed by atoms with Crippen LogP contribution in [0.2, 0.25) is 0 Å². The van der Waals surface area contributed by atoms with Crippen LogP contribution in [-0.4, -0.2) is 0 Å². The molecule has 1 nitrogen and oxygen atoms in total. The van der Waals surface area contributed by atoms with Crippen molar-refractivity contribution in [3.05, 3.63) is 0 Å². The van der Waals surface area contributed by atoms with Crippen molar-refractivity contribution in [3.63, 3.8) is 0 Å². The first-order chi connectivity index (χ1) is 2.00. The van der Waals surface area contributed by atoms with E-state index in [1.165, 1.54) is 0 Å². The van der Waals surface area contributed by atoms with E-state index in [0.717, 1.165) is 0 Å². The van der Waals surface area contributed by atoms with E-state index in [1.807, 2.05) is 0 Å². The minimum atomic E-state index is -7.03. The van der Waals surface area contributed by atoms with Gasteiger partial charge in [0.2, 0.25) is 0 Å². The molecule has 0 aromatic rings.